The van der Waals surface area contributed by atoms with Gasteiger partial charge in [-0.1, -0.05) is 38.1 Å². The van der Waals surface area contributed by atoms with Crippen LogP contribution < -0.4 is 0 Å². The first kappa shape index (κ1) is 17.7. The number of aliphatic hydroxyl groups excluding tert-OH is 1. The number of rotatable bonds is 7. The largest absolute Gasteiger partial charge is 0.464 e. The van der Waals surface area contributed by atoms with E-state index in [-0.39, 0.29) is 24.9 Å². The zero-order valence-corrected chi connectivity index (χ0v) is 13.4. The molecular weight excluding hydrogens is 292 g/mol. The molecule has 6 heteroatoms. The van der Waals surface area contributed by atoms with Crippen LogP contribution in [0.2, 0.25) is 0 Å². The minimum absolute atomic E-state index is 0.153. The maximum atomic E-state index is 12.2. The van der Waals surface area contributed by atoms with Crippen LogP contribution in [-0.4, -0.2) is 31.4 Å². The Morgan fingerprint density at radius 1 is 1.24 bits per heavy atom. The van der Waals surface area contributed by atoms with Gasteiger partial charge in [0, 0.05) is 0 Å². The summed E-state index contributed by atoms with van der Waals surface area (Å²) in [5.74, 6) is -0.814. The summed E-state index contributed by atoms with van der Waals surface area (Å²) in [4.78, 5) is 11.8. The molecule has 0 bridgehead atoms. The number of hydrogen-bond acceptors (Lipinski definition) is 5. The van der Waals surface area contributed by atoms with Crippen LogP contribution in [0.4, 0.5) is 0 Å². The Kier molecular flexibility index (Phi) is 6.36. The van der Waals surface area contributed by atoms with E-state index in [2.05, 4.69) is 0 Å². The smallest absolute Gasteiger partial charge is 0.324 e. The van der Waals surface area contributed by atoms with Gasteiger partial charge in [-0.15, -0.1) is 0 Å². The number of carbonyl (C=O) groups is 1. The van der Waals surface area contributed by atoms with Crippen LogP contribution in [0.15, 0.2) is 24.3 Å². The summed E-state index contributed by atoms with van der Waals surface area (Å²) >= 11 is 0. The van der Waals surface area contributed by atoms with Gasteiger partial charge in [-0.2, -0.15) is 0 Å². The first-order valence-corrected chi connectivity index (χ1v) is 8.54. The number of sulfone groups is 1. The zero-order valence-electron chi connectivity index (χ0n) is 12.6. The average molecular weight is 314 g/mol. The van der Waals surface area contributed by atoms with Crippen molar-refractivity contribution >= 4 is 15.8 Å². The first-order valence-electron chi connectivity index (χ1n) is 6.83. The lowest BCUT2D eigenvalue weighted by Crippen LogP contribution is -2.31. The van der Waals surface area contributed by atoms with Gasteiger partial charge in [0.05, 0.1) is 19.0 Å². The molecule has 1 N–H and O–H groups in total. The van der Waals surface area contributed by atoms with Gasteiger partial charge in [0.1, 0.15) is 0 Å². The van der Waals surface area contributed by atoms with Gasteiger partial charge in [0.2, 0.25) is 0 Å². The predicted molar refractivity (Wildman–Crippen MR) is 80.2 cm³/mol. The second kappa shape index (κ2) is 7.56. The molecule has 1 rings (SSSR count). The number of esters is 1. The van der Waals surface area contributed by atoms with Gasteiger partial charge in [-0.05, 0) is 24.0 Å². The zero-order chi connectivity index (χ0) is 16.0. The van der Waals surface area contributed by atoms with Crippen molar-refractivity contribution in [2.75, 3.05) is 6.61 Å². The number of carbonyl (C=O) groups excluding carboxylic acids is 1. The Morgan fingerprint density at radius 3 is 2.43 bits per heavy atom. The molecule has 0 saturated carbocycles. The summed E-state index contributed by atoms with van der Waals surface area (Å²) < 4.78 is 29.4. The van der Waals surface area contributed by atoms with E-state index in [0.717, 1.165) is 0 Å². The van der Waals surface area contributed by atoms with Crippen LogP contribution in [0.3, 0.4) is 0 Å². The third kappa shape index (κ3) is 5.47. The summed E-state index contributed by atoms with van der Waals surface area (Å²) in [6, 6.07) is 6.65. The van der Waals surface area contributed by atoms with Gasteiger partial charge in [0.25, 0.3) is 0 Å². The number of ether oxygens (including phenoxy) is 1. The Bertz CT molecular complexity index is 577. The summed E-state index contributed by atoms with van der Waals surface area (Å²) in [6.45, 7) is 5.16. The molecule has 21 heavy (non-hydrogen) atoms. The lowest BCUT2D eigenvalue weighted by Gasteiger charge is -2.14. The van der Waals surface area contributed by atoms with Crippen molar-refractivity contribution < 1.29 is 23.1 Å². The first-order chi connectivity index (χ1) is 9.76. The molecule has 0 aromatic heterocycles. The molecule has 1 unspecified atom stereocenters. The monoisotopic (exact) mass is 314 g/mol. The molecule has 1 aromatic carbocycles. The number of hydrogen-bond donors (Lipinski definition) is 1. The highest BCUT2D eigenvalue weighted by atomic mass is 32.2. The molecule has 0 radical (unpaired) electrons. The minimum atomic E-state index is -3.64. The molecule has 118 valence electrons. The van der Waals surface area contributed by atoms with Gasteiger partial charge >= 0.3 is 5.97 Å². The van der Waals surface area contributed by atoms with Crippen molar-refractivity contribution in [3.05, 3.63) is 35.4 Å². The lowest BCUT2D eigenvalue weighted by atomic mass is 10.1. The molecule has 0 aliphatic rings. The highest BCUT2D eigenvalue weighted by Gasteiger charge is 2.29. The SMILES string of the molecule is CC(C)COC(=O)C(C)S(=O)(=O)Cc1cccc(CO)c1. The molecule has 1 aromatic rings. The van der Waals surface area contributed by atoms with E-state index in [9.17, 15) is 13.2 Å². The van der Waals surface area contributed by atoms with E-state index in [1.807, 2.05) is 13.8 Å². The summed E-state index contributed by atoms with van der Waals surface area (Å²) in [7, 11) is -3.64. The van der Waals surface area contributed by atoms with E-state index in [4.69, 9.17) is 9.84 Å². The van der Waals surface area contributed by atoms with Crippen molar-refractivity contribution in [2.24, 2.45) is 5.92 Å². The van der Waals surface area contributed by atoms with Crippen LogP contribution >= 0.6 is 0 Å². The second-order valence-electron chi connectivity index (χ2n) is 5.45. The van der Waals surface area contributed by atoms with E-state index >= 15 is 0 Å². The highest BCUT2D eigenvalue weighted by Crippen LogP contribution is 2.14. The molecular formula is C15H22O5S. The van der Waals surface area contributed by atoms with Crippen LogP contribution in [-0.2, 0) is 31.7 Å². The molecule has 0 spiro atoms. The van der Waals surface area contributed by atoms with Crippen molar-refractivity contribution in [2.45, 2.75) is 38.4 Å². The molecule has 5 nitrogen and oxygen atoms in total. The fourth-order valence-electron chi connectivity index (χ4n) is 1.69. The third-order valence-electron chi connectivity index (χ3n) is 2.97. The topological polar surface area (TPSA) is 80.7 Å². The quantitative estimate of drug-likeness (QED) is 0.775. The molecule has 0 saturated heterocycles. The van der Waals surface area contributed by atoms with Crippen LogP contribution in [0, 0.1) is 5.92 Å². The Hall–Kier alpha value is -1.40. The Morgan fingerprint density at radius 2 is 1.86 bits per heavy atom. The molecule has 0 aliphatic heterocycles. The minimum Gasteiger partial charge on any atom is -0.464 e. The average Bonchev–Trinajstić information content (AvgIpc) is 2.43. The molecule has 0 heterocycles. The maximum absolute atomic E-state index is 12.2. The number of benzene rings is 1. The fraction of sp³-hybridized carbons (Fsp3) is 0.533. The Labute approximate surface area is 125 Å². The van der Waals surface area contributed by atoms with E-state index in [1.54, 1.807) is 24.3 Å². The van der Waals surface area contributed by atoms with Crippen molar-refractivity contribution in [3.8, 4) is 0 Å². The maximum Gasteiger partial charge on any atom is 0.324 e. The van der Waals surface area contributed by atoms with E-state index < -0.39 is 21.1 Å². The third-order valence-corrected chi connectivity index (χ3v) is 4.98. The standard InChI is InChI=1S/C15H22O5S/c1-11(2)9-20-15(17)12(3)21(18,19)10-14-6-4-5-13(7-14)8-16/h4-7,11-12,16H,8-10H2,1-3H3. The predicted octanol–water partition coefficient (Wildman–Crippen LogP) is 1.68. The van der Waals surface area contributed by atoms with Gasteiger partial charge in [-0.3, -0.25) is 4.79 Å². The lowest BCUT2D eigenvalue weighted by molar-refractivity contribution is -0.143. The summed E-state index contributed by atoms with van der Waals surface area (Å²) in [5.41, 5.74) is 1.18. The van der Waals surface area contributed by atoms with Gasteiger partial charge < -0.3 is 9.84 Å². The highest BCUT2D eigenvalue weighted by molar-refractivity contribution is 7.92. The summed E-state index contributed by atoms with van der Waals surface area (Å²) in [5, 5.41) is 7.86. The normalized spacial score (nSPS) is 13.2. The summed E-state index contributed by atoms with van der Waals surface area (Å²) in [6.07, 6.45) is 0. The Balaban J connectivity index is 2.77. The van der Waals surface area contributed by atoms with Crippen molar-refractivity contribution in [3.63, 3.8) is 0 Å². The van der Waals surface area contributed by atoms with Gasteiger partial charge in [-0.25, -0.2) is 8.42 Å². The van der Waals surface area contributed by atoms with Crippen LogP contribution in [0.1, 0.15) is 31.9 Å². The second-order valence-corrected chi connectivity index (χ2v) is 7.77. The van der Waals surface area contributed by atoms with E-state index in [0.29, 0.717) is 11.1 Å². The molecule has 0 fully saturated rings. The van der Waals surface area contributed by atoms with Crippen molar-refractivity contribution in [1.82, 2.24) is 0 Å². The molecule has 0 aliphatic carbocycles. The van der Waals surface area contributed by atoms with Crippen molar-refractivity contribution in [1.29, 1.82) is 0 Å². The molecule has 1 atom stereocenters. The van der Waals surface area contributed by atoms with Crippen LogP contribution in [0.5, 0.6) is 0 Å². The van der Waals surface area contributed by atoms with E-state index in [1.165, 1.54) is 6.92 Å². The number of aliphatic hydroxyl groups is 1. The van der Waals surface area contributed by atoms with Gasteiger partial charge in [0.15, 0.2) is 15.1 Å². The fourth-order valence-corrected chi connectivity index (χ4v) is 2.94. The molecule has 0 amide bonds. The van der Waals surface area contributed by atoms with Crippen LogP contribution in [0.25, 0.3) is 0 Å².